The fourth-order valence-corrected chi connectivity index (χ4v) is 1.85. The Morgan fingerprint density at radius 2 is 2.05 bits per heavy atom. The van der Waals surface area contributed by atoms with Crippen LogP contribution < -0.4 is 15.4 Å². The average molecular weight is 331 g/mol. The van der Waals surface area contributed by atoms with E-state index in [4.69, 9.17) is 9.47 Å². The second-order valence-electron chi connectivity index (χ2n) is 3.84. The van der Waals surface area contributed by atoms with Crippen molar-refractivity contribution in [1.82, 2.24) is 10.6 Å². The highest BCUT2D eigenvalue weighted by molar-refractivity contribution is 9.10. The van der Waals surface area contributed by atoms with Crippen LogP contribution in [0.1, 0.15) is 10.4 Å². The Balaban J connectivity index is 2.41. The van der Waals surface area contributed by atoms with Crippen LogP contribution in [0, 0.1) is 0 Å². The monoisotopic (exact) mass is 330 g/mol. The largest absolute Gasteiger partial charge is 0.496 e. The van der Waals surface area contributed by atoms with Crippen molar-refractivity contribution >= 4 is 21.8 Å². The van der Waals surface area contributed by atoms with Crippen LogP contribution in [-0.2, 0) is 4.74 Å². The highest BCUT2D eigenvalue weighted by Crippen LogP contribution is 2.23. The molecule has 0 aliphatic heterocycles. The van der Waals surface area contributed by atoms with E-state index in [1.807, 2.05) is 6.07 Å². The number of halogens is 1. The van der Waals surface area contributed by atoms with E-state index in [0.29, 0.717) is 31.0 Å². The minimum atomic E-state index is -0.141. The van der Waals surface area contributed by atoms with Gasteiger partial charge in [-0.2, -0.15) is 0 Å². The molecule has 1 aromatic carbocycles. The lowest BCUT2D eigenvalue weighted by Gasteiger charge is -2.10. The van der Waals surface area contributed by atoms with Crippen LogP contribution >= 0.6 is 15.9 Å². The van der Waals surface area contributed by atoms with Crippen LogP contribution in [0.25, 0.3) is 0 Å². The Morgan fingerprint density at radius 1 is 1.26 bits per heavy atom. The number of carbonyl (C=O) groups excluding carboxylic acids is 1. The molecule has 1 amide bonds. The molecule has 0 atom stereocenters. The zero-order valence-corrected chi connectivity index (χ0v) is 12.7. The minimum absolute atomic E-state index is 0.141. The Morgan fingerprint density at radius 3 is 2.74 bits per heavy atom. The molecule has 0 fully saturated rings. The van der Waals surface area contributed by atoms with Gasteiger partial charge in [-0.25, -0.2) is 0 Å². The van der Waals surface area contributed by atoms with Gasteiger partial charge >= 0.3 is 0 Å². The van der Waals surface area contributed by atoms with Crippen LogP contribution in [-0.4, -0.2) is 46.4 Å². The molecule has 1 rings (SSSR count). The quantitative estimate of drug-likeness (QED) is 0.708. The van der Waals surface area contributed by atoms with E-state index >= 15 is 0 Å². The van der Waals surface area contributed by atoms with Crippen molar-refractivity contribution in [3.05, 3.63) is 28.2 Å². The van der Waals surface area contributed by atoms with Crippen molar-refractivity contribution in [3.8, 4) is 5.75 Å². The van der Waals surface area contributed by atoms with Gasteiger partial charge in [0.05, 0.1) is 19.3 Å². The molecule has 0 aliphatic carbocycles. The summed E-state index contributed by atoms with van der Waals surface area (Å²) in [6.07, 6.45) is 0. The molecule has 0 saturated carbocycles. The number of hydrogen-bond donors (Lipinski definition) is 2. The van der Waals surface area contributed by atoms with Gasteiger partial charge in [-0.05, 0) is 18.2 Å². The van der Waals surface area contributed by atoms with Gasteiger partial charge in [-0.1, -0.05) is 15.9 Å². The molecule has 19 heavy (non-hydrogen) atoms. The first kappa shape index (κ1) is 15.9. The van der Waals surface area contributed by atoms with Crippen molar-refractivity contribution in [3.63, 3.8) is 0 Å². The van der Waals surface area contributed by atoms with E-state index in [0.717, 1.165) is 11.0 Å². The molecule has 1 aromatic rings. The number of rotatable bonds is 8. The van der Waals surface area contributed by atoms with Crippen LogP contribution in [0.15, 0.2) is 22.7 Å². The Labute approximate surface area is 121 Å². The van der Waals surface area contributed by atoms with E-state index < -0.39 is 0 Å². The molecule has 0 spiro atoms. The molecule has 106 valence electrons. The van der Waals surface area contributed by atoms with Crippen molar-refractivity contribution in [2.45, 2.75) is 0 Å². The van der Waals surface area contributed by atoms with Gasteiger partial charge in [0, 0.05) is 31.2 Å². The highest BCUT2D eigenvalue weighted by Gasteiger charge is 2.11. The highest BCUT2D eigenvalue weighted by atomic mass is 79.9. The maximum absolute atomic E-state index is 12.0. The fraction of sp³-hybridized carbons (Fsp3) is 0.462. The molecule has 0 radical (unpaired) electrons. The van der Waals surface area contributed by atoms with Crippen LogP contribution in [0.2, 0.25) is 0 Å². The summed E-state index contributed by atoms with van der Waals surface area (Å²) in [5.41, 5.74) is 0.530. The normalized spacial score (nSPS) is 10.3. The number of ether oxygens (including phenoxy) is 2. The molecular formula is C13H19BrN2O3. The topological polar surface area (TPSA) is 59.6 Å². The van der Waals surface area contributed by atoms with E-state index in [9.17, 15) is 4.79 Å². The number of amides is 1. The third-order valence-corrected chi connectivity index (χ3v) is 2.97. The first-order chi connectivity index (χ1) is 9.19. The summed E-state index contributed by atoms with van der Waals surface area (Å²) in [6.45, 7) is 2.69. The molecule has 0 heterocycles. The zero-order valence-electron chi connectivity index (χ0n) is 11.2. The molecule has 6 heteroatoms. The predicted octanol–water partition coefficient (Wildman–Crippen LogP) is 1.42. The molecule has 0 aromatic heterocycles. The summed E-state index contributed by atoms with van der Waals surface area (Å²) in [5, 5.41) is 5.98. The number of benzene rings is 1. The minimum Gasteiger partial charge on any atom is -0.496 e. The Hall–Kier alpha value is -1.11. The van der Waals surface area contributed by atoms with Crippen molar-refractivity contribution in [2.75, 3.05) is 40.5 Å². The molecule has 0 saturated heterocycles. The van der Waals surface area contributed by atoms with Crippen LogP contribution in [0.5, 0.6) is 5.75 Å². The maximum atomic E-state index is 12.0. The van der Waals surface area contributed by atoms with Crippen LogP contribution in [0.4, 0.5) is 0 Å². The first-order valence-corrected chi connectivity index (χ1v) is 6.79. The molecule has 0 bridgehead atoms. The molecular weight excluding hydrogens is 312 g/mol. The molecule has 0 aliphatic rings. The summed E-state index contributed by atoms with van der Waals surface area (Å²) in [7, 11) is 3.20. The number of carbonyl (C=O) groups is 1. The summed E-state index contributed by atoms with van der Waals surface area (Å²) >= 11 is 3.34. The summed E-state index contributed by atoms with van der Waals surface area (Å²) in [4.78, 5) is 12.0. The second kappa shape index (κ2) is 8.90. The smallest absolute Gasteiger partial charge is 0.255 e. The predicted molar refractivity (Wildman–Crippen MR) is 77.8 cm³/mol. The standard InChI is InChI=1S/C13H19BrN2O3/c1-18-8-7-15-5-6-16-13(17)11-4-3-10(14)9-12(11)19-2/h3-4,9,15H,5-8H2,1-2H3,(H,16,17). The van der Waals surface area contributed by atoms with Gasteiger partial charge in [-0.15, -0.1) is 0 Å². The number of hydrogen-bond acceptors (Lipinski definition) is 4. The third kappa shape index (κ3) is 5.59. The van der Waals surface area contributed by atoms with Gasteiger partial charge in [0.1, 0.15) is 5.75 Å². The van der Waals surface area contributed by atoms with E-state index in [1.54, 1.807) is 26.4 Å². The maximum Gasteiger partial charge on any atom is 0.255 e. The Kier molecular flexibility index (Phi) is 7.47. The summed E-state index contributed by atoms with van der Waals surface area (Å²) in [6, 6.07) is 5.32. The zero-order chi connectivity index (χ0) is 14.1. The van der Waals surface area contributed by atoms with Crippen molar-refractivity contribution < 1.29 is 14.3 Å². The van der Waals surface area contributed by atoms with Crippen molar-refractivity contribution in [1.29, 1.82) is 0 Å². The third-order valence-electron chi connectivity index (χ3n) is 2.48. The van der Waals surface area contributed by atoms with E-state index in [1.165, 1.54) is 0 Å². The lowest BCUT2D eigenvalue weighted by molar-refractivity contribution is 0.0950. The Bertz CT molecular complexity index is 413. The van der Waals surface area contributed by atoms with E-state index in [-0.39, 0.29) is 5.91 Å². The summed E-state index contributed by atoms with van der Waals surface area (Å²) in [5.74, 6) is 0.414. The molecule has 2 N–H and O–H groups in total. The second-order valence-corrected chi connectivity index (χ2v) is 4.76. The average Bonchev–Trinajstić information content (AvgIpc) is 2.42. The molecule has 0 unspecified atom stereocenters. The van der Waals surface area contributed by atoms with Gasteiger partial charge < -0.3 is 20.1 Å². The lowest BCUT2D eigenvalue weighted by atomic mass is 10.2. The van der Waals surface area contributed by atoms with E-state index in [2.05, 4.69) is 26.6 Å². The number of methoxy groups -OCH3 is 2. The fourth-order valence-electron chi connectivity index (χ4n) is 1.51. The van der Waals surface area contributed by atoms with Crippen LogP contribution in [0.3, 0.4) is 0 Å². The lowest BCUT2D eigenvalue weighted by Crippen LogP contribution is -2.33. The van der Waals surface area contributed by atoms with Gasteiger partial charge in [0.2, 0.25) is 0 Å². The SMILES string of the molecule is COCCNCCNC(=O)c1ccc(Br)cc1OC. The first-order valence-electron chi connectivity index (χ1n) is 6.00. The summed E-state index contributed by atoms with van der Waals surface area (Å²) < 4.78 is 11.0. The van der Waals surface area contributed by atoms with Gasteiger partial charge in [0.15, 0.2) is 0 Å². The van der Waals surface area contributed by atoms with Gasteiger partial charge in [0.25, 0.3) is 5.91 Å². The molecule has 5 nitrogen and oxygen atoms in total. The van der Waals surface area contributed by atoms with Crippen molar-refractivity contribution in [2.24, 2.45) is 0 Å². The number of nitrogens with one attached hydrogen (secondary N) is 2. The van der Waals surface area contributed by atoms with Gasteiger partial charge in [-0.3, -0.25) is 4.79 Å².